The van der Waals surface area contributed by atoms with Gasteiger partial charge in [-0.1, -0.05) is 0 Å². The van der Waals surface area contributed by atoms with Gasteiger partial charge in [0, 0.05) is 11.6 Å². The monoisotopic (exact) mass is 290 g/mol. The summed E-state index contributed by atoms with van der Waals surface area (Å²) in [6.07, 6.45) is 1.93. The first-order valence-corrected chi connectivity index (χ1v) is 7.27. The second-order valence-electron chi connectivity index (χ2n) is 3.30. The lowest BCUT2D eigenvalue weighted by Gasteiger charge is -2.03. The molecule has 96 valence electrons. The SMILES string of the molecule is O=S(=O)(O)c1cnc2nccc(S(=O)(=O)O)c2c1. The van der Waals surface area contributed by atoms with E-state index >= 15 is 0 Å². The van der Waals surface area contributed by atoms with Crippen molar-refractivity contribution in [2.24, 2.45) is 0 Å². The van der Waals surface area contributed by atoms with Crippen molar-refractivity contribution in [3.05, 3.63) is 24.5 Å². The fourth-order valence-corrected chi connectivity index (χ4v) is 2.47. The lowest BCUT2D eigenvalue weighted by atomic mass is 10.3. The molecule has 0 aliphatic carbocycles. The summed E-state index contributed by atoms with van der Waals surface area (Å²) < 4.78 is 61.9. The van der Waals surface area contributed by atoms with Gasteiger partial charge in [-0.05, 0) is 12.1 Å². The number of nitrogens with zero attached hydrogens (tertiary/aromatic N) is 2. The van der Waals surface area contributed by atoms with Crippen molar-refractivity contribution in [1.82, 2.24) is 9.97 Å². The van der Waals surface area contributed by atoms with E-state index in [0.29, 0.717) is 0 Å². The van der Waals surface area contributed by atoms with Gasteiger partial charge in [0.25, 0.3) is 20.2 Å². The molecular weight excluding hydrogens is 284 g/mol. The Hall–Kier alpha value is -1.62. The Balaban J connectivity index is 2.91. The Morgan fingerprint density at radius 1 is 1.00 bits per heavy atom. The van der Waals surface area contributed by atoms with Gasteiger partial charge in [-0.15, -0.1) is 0 Å². The number of aromatic nitrogens is 2. The van der Waals surface area contributed by atoms with Crippen LogP contribution in [0.5, 0.6) is 0 Å². The summed E-state index contributed by atoms with van der Waals surface area (Å²) in [4.78, 5) is 6.18. The first kappa shape index (κ1) is 12.8. The maximum absolute atomic E-state index is 11.1. The van der Waals surface area contributed by atoms with Crippen molar-refractivity contribution < 1.29 is 25.9 Å². The Labute approximate surface area is 102 Å². The molecule has 0 saturated heterocycles. The van der Waals surface area contributed by atoms with Gasteiger partial charge in [0.05, 0.1) is 6.20 Å². The molecule has 0 spiro atoms. The van der Waals surface area contributed by atoms with E-state index in [1.54, 1.807) is 0 Å². The maximum Gasteiger partial charge on any atom is 0.296 e. The van der Waals surface area contributed by atoms with E-state index in [4.69, 9.17) is 9.11 Å². The van der Waals surface area contributed by atoms with E-state index in [1.807, 2.05) is 0 Å². The van der Waals surface area contributed by atoms with Crippen LogP contribution in [0.4, 0.5) is 0 Å². The summed E-state index contributed by atoms with van der Waals surface area (Å²) in [7, 11) is -9.07. The highest BCUT2D eigenvalue weighted by molar-refractivity contribution is 7.86. The predicted molar refractivity (Wildman–Crippen MR) is 59.2 cm³/mol. The molecule has 2 aromatic heterocycles. The van der Waals surface area contributed by atoms with Crippen molar-refractivity contribution in [2.75, 3.05) is 0 Å². The van der Waals surface area contributed by atoms with Crippen molar-refractivity contribution in [3.8, 4) is 0 Å². The maximum atomic E-state index is 11.1. The highest BCUT2D eigenvalue weighted by Crippen LogP contribution is 2.22. The Morgan fingerprint density at radius 2 is 1.67 bits per heavy atom. The standard InChI is InChI=1S/C8H6N2O6S2/c11-17(12,13)5-3-6-7(18(14,15)16)1-2-9-8(6)10-4-5/h1-4H,(H,11,12,13)(H,14,15,16). The molecule has 0 aliphatic rings. The molecule has 0 saturated carbocycles. The van der Waals surface area contributed by atoms with E-state index in [-0.39, 0.29) is 11.0 Å². The Kier molecular flexibility index (Phi) is 2.81. The van der Waals surface area contributed by atoms with Gasteiger partial charge >= 0.3 is 0 Å². The number of pyridine rings is 2. The molecule has 2 aromatic rings. The molecule has 0 amide bonds. The fraction of sp³-hybridized carbons (Fsp3) is 0. The van der Waals surface area contributed by atoms with Gasteiger partial charge in [-0.3, -0.25) is 9.11 Å². The van der Waals surface area contributed by atoms with Crippen LogP contribution < -0.4 is 0 Å². The third-order valence-electron chi connectivity index (χ3n) is 2.11. The van der Waals surface area contributed by atoms with Crippen LogP contribution in [0.3, 0.4) is 0 Å². The van der Waals surface area contributed by atoms with Crippen LogP contribution in [0.15, 0.2) is 34.3 Å². The molecule has 2 rings (SSSR count). The average Bonchev–Trinajstić information content (AvgIpc) is 2.25. The third kappa shape index (κ3) is 2.31. The molecule has 8 nitrogen and oxygen atoms in total. The topological polar surface area (TPSA) is 135 Å². The van der Waals surface area contributed by atoms with E-state index in [1.165, 1.54) is 0 Å². The number of hydrogen-bond acceptors (Lipinski definition) is 6. The van der Waals surface area contributed by atoms with Crippen LogP contribution in [0, 0.1) is 0 Å². The van der Waals surface area contributed by atoms with E-state index < -0.39 is 30.0 Å². The molecule has 0 fully saturated rings. The smallest absolute Gasteiger partial charge is 0.282 e. The molecular formula is C8H6N2O6S2. The lowest BCUT2D eigenvalue weighted by molar-refractivity contribution is 0.480. The van der Waals surface area contributed by atoms with Crippen LogP contribution in [0.2, 0.25) is 0 Å². The minimum Gasteiger partial charge on any atom is -0.282 e. The molecule has 0 aromatic carbocycles. The second-order valence-corrected chi connectivity index (χ2v) is 6.11. The minimum atomic E-state index is -4.55. The summed E-state index contributed by atoms with van der Waals surface area (Å²) in [5.41, 5.74) is -0.0717. The van der Waals surface area contributed by atoms with Gasteiger partial charge in [0.2, 0.25) is 0 Å². The van der Waals surface area contributed by atoms with Crippen molar-refractivity contribution in [2.45, 2.75) is 9.79 Å². The van der Waals surface area contributed by atoms with Gasteiger partial charge in [-0.2, -0.15) is 16.8 Å². The van der Waals surface area contributed by atoms with Crippen molar-refractivity contribution in [1.29, 1.82) is 0 Å². The van der Waals surface area contributed by atoms with Crippen LogP contribution in [-0.2, 0) is 20.2 Å². The van der Waals surface area contributed by atoms with Crippen LogP contribution in [0.1, 0.15) is 0 Å². The highest BCUT2D eigenvalue weighted by atomic mass is 32.2. The highest BCUT2D eigenvalue weighted by Gasteiger charge is 2.18. The summed E-state index contributed by atoms with van der Waals surface area (Å²) in [6.45, 7) is 0. The molecule has 0 radical (unpaired) electrons. The van der Waals surface area contributed by atoms with E-state index in [2.05, 4.69) is 9.97 Å². The number of hydrogen-bond donors (Lipinski definition) is 2. The molecule has 0 aliphatic heterocycles. The first-order chi connectivity index (χ1) is 8.19. The minimum absolute atomic E-state index is 0.0717. The van der Waals surface area contributed by atoms with E-state index in [0.717, 1.165) is 24.5 Å². The number of fused-ring (bicyclic) bond motifs is 1. The zero-order valence-electron chi connectivity index (χ0n) is 8.55. The van der Waals surface area contributed by atoms with Gasteiger partial charge < -0.3 is 0 Å². The predicted octanol–water partition coefficient (Wildman–Crippen LogP) is 0.123. The van der Waals surface area contributed by atoms with E-state index in [9.17, 15) is 16.8 Å². The van der Waals surface area contributed by atoms with Gasteiger partial charge in [-0.25, -0.2) is 9.97 Å². The average molecular weight is 290 g/mol. The molecule has 10 heteroatoms. The third-order valence-corrected chi connectivity index (χ3v) is 3.84. The van der Waals surface area contributed by atoms with Crippen LogP contribution >= 0.6 is 0 Å². The zero-order valence-corrected chi connectivity index (χ0v) is 10.2. The quantitative estimate of drug-likeness (QED) is 0.745. The fourth-order valence-electron chi connectivity index (χ4n) is 1.35. The lowest BCUT2D eigenvalue weighted by Crippen LogP contribution is -2.03. The largest absolute Gasteiger partial charge is 0.296 e. The normalized spacial score (nSPS) is 12.8. The molecule has 2 heterocycles. The summed E-state index contributed by atoms with van der Waals surface area (Å²) in [6, 6.07) is 1.86. The first-order valence-electron chi connectivity index (χ1n) is 4.39. The second kappa shape index (κ2) is 3.95. The van der Waals surface area contributed by atoms with Gasteiger partial charge in [0.1, 0.15) is 9.79 Å². The zero-order chi connectivity index (χ0) is 13.6. The van der Waals surface area contributed by atoms with Crippen LogP contribution in [0.25, 0.3) is 11.0 Å². The van der Waals surface area contributed by atoms with Crippen molar-refractivity contribution >= 4 is 31.3 Å². The van der Waals surface area contributed by atoms with Gasteiger partial charge in [0.15, 0.2) is 5.65 Å². The molecule has 18 heavy (non-hydrogen) atoms. The summed E-state index contributed by atoms with van der Waals surface area (Å²) >= 11 is 0. The Bertz CT molecular complexity index is 828. The van der Waals surface area contributed by atoms with Crippen molar-refractivity contribution in [3.63, 3.8) is 0 Å². The Morgan fingerprint density at radius 3 is 2.22 bits per heavy atom. The molecule has 2 N–H and O–H groups in total. The molecule has 0 unspecified atom stereocenters. The number of rotatable bonds is 2. The van der Waals surface area contributed by atoms with Crippen LogP contribution in [-0.4, -0.2) is 35.9 Å². The molecule has 0 bridgehead atoms. The summed E-state index contributed by atoms with van der Waals surface area (Å²) in [5, 5.41) is -0.199. The summed E-state index contributed by atoms with van der Waals surface area (Å²) in [5.74, 6) is 0. The molecule has 0 atom stereocenters.